The Balaban J connectivity index is 2.49. The number of carboxylic acid groups (broad SMARTS) is 1. The van der Waals surface area contributed by atoms with Crippen LogP contribution in [0.15, 0.2) is 30.3 Å². The summed E-state index contributed by atoms with van der Waals surface area (Å²) in [6, 6.07) is 7.19. The Morgan fingerprint density at radius 1 is 1.23 bits per heavy atom. The molecule has 1 rings (SSSR count). The van der Waals surface area contributed by atoms with Crippen LogP contribution in [0, 0.1) is 0 Å². The minimum atomic E-state index is -4.53. The van der Waals surface area contributed by atoms with E-state index in [2.05, 4.69) is 10.1 Å². The van der Waals surface area contributed by atoms with Crippen molar-refractivity contribution in [2.45, 2.75) is 18.5 Å². The molecule has 0 radical (unpaired) electrons. The van der Waals surface area contributed by atoms with Crippen molar-refractivity contribution in [3.63, 3.8) is 0 Å². The first-order valence-electron chi connectivity index (χ1n) is 6.48. The Morgan fingerprint density at radius 2 is 1.86 bits per heavy atom. The van der Waals surface area contributed by atoms with Gasteiger partial charge in [0.1, 0.15) is 6.61 Å². The number of aliphatic carboxylic acids is 1. The van der Waals surface area contributed by atoms with Crippen molar-refractivity contribution >= 4 is 11.9 Å². The van der Waals surface area contributed by atoms with Crippen molar-refractivity contribution in [2.24, 2.45) is 0 Å². The number of alkyl halides is 3. The van der Waals surface area contributed by atoms with Crippen molar-refractivity contribution in [3.05, 3.63) is 35.9 Å². The van der Waals surface area contributed by atoms with Crippen LogP contribution in [-0.2, 0) is 14.3 Å². The Labute approximate surface area is 125 Å². The van der Waals surface area contributed by atoms with Gasteiger partial charge >= 0.3 is 12.1 Å². The van der Waals surface area contributed by atoms with Crippen molar-refractivity contribution in [1.29, 1.82) is 0 Å². The fourth-order valence-corrected chi connectivity index (χ4v) is 1.79. The summed E-state index contributed by atoms with van der Waals surface area (Å²) in [6.07, 6.45) is -5.26. The third kappa shape index (κ3) is 6.57. The van der Waals surface area contributed by atoms with Gasteiger partial charge in [-0.15, -0.1) is 0 Å². The number of rotatable bonds is 8. The van der Waals surface area contributed by atoms with Crippen LogP contribution in [0.5, 0.6) is 0 Å². The number of hydrogen-bond acceptors (Lipinski definition) is 3. The van der Waals surface area contributed by atoms with Crippen LogP contribution >= 0.6 is 0 Å². The number of carboxylic acids is 1. The molecular formula is C14H16F3NO4. The summed E-state index contributed by atoms with van der Waals surface area (Å²) in [5.74, 6) is -3.81. The summed E-state index contributed by atoms with van der Waals surface area (Å²) < 4.78 is 43.7. The van der Waals surface area contributed by atoms with Crippen LogP contribution in [0.1, 0.15) is 17.9 Å². The second-order valence-electron chi connectivity index (χ2n) is 4.51. The zero-order valence-corrected chi connectivity index (χ0v) is 11.6. The van der Waals surface area contributed by atoms with E-state index >= 15 is 0 Å². The summed E-state index contributed by atoms with van der Waals surface area (Å²) in [5.41, 5.74) is 0.0206. The molecule has 8 heteroatoms. The van der Waals surface area contributed by atoms with Gasteiger partial charge < -0.3 is 15.2 Å². The van der Waals surface area contributed by atoms with Crippen molar-refractivity contribution < 1.29 is 32.6 Å². The minimum absolute atomic E-state index is 0.0206. The predicted molar refractivity (Wildman–Crippen MR) is 71.3 cm³/mol. The predicted octanol–water partition coefficient (Wildman–Crippen LogP) is 1.94. The van der Waals surface area contributed by atoms with Gasteiger partial charge in [-0.1, -0.05) is 30.3 Å². The van der Waals surface area contributed by atoms with E-state index in [0.717, 1.165) is 0 Å². The minimum Gasteiger partial charge on any atom is -0.480 e. The Bertz CT molecular complexity index is 491. The lowest BCUT2D eigenvalue weighted by molar-refractivity contribution is -0.157. The molecule has 0 saturated heterocycles. The molecule has 0 aliphatic rings. The molecule has 122 valence electrons. The summed E-state index contributed by atoms with van der Waals surface area (Å²) in [4.78, 5) is 21.8. The number of halogens is 3. The normalized spacial score (nSPS) is 12.7. The zero-order chi connectivity index (χ0) is 16.6. The van der Waals surface area contributed by atoms with Crippen LogP contribution in [0.25, 0.3) is 0 Å². The van der Waals surface area contributed by atoms with Gasteiger partial charge in [-0.2, -0.15) is 13.2 Å². The molecule has 0 aromatic heterocycles. The first kappa shape index (κ1) is 18.0. The average Bonchev–Trinajstić information content (AvgIpc) is 2.44. The van der Waals surface area contributed by atoms with Crippen LogP contribution < -0.4 is 5.32 Å². The molecule has 0 aliphatic carbocycles. The SMILES string of the molecule is O=C(O)COCCNC(=O)CC(c1ccccc1)C(F)(F)F. The van der Waals surface area contributed by atoms with Crippen molar-refractivity contribution in [1.82, 2.24) is 5.32 Å². The van der Waals surface area contributed by atoms with Gasteiger partial charge in [0.25, 0.3) is 0 Å². The van der Waals surface area contributed by atoms with E-state index in [1.165, 1.54) is 24.3 Å². The molecule has 0 heterocycles. The number of ether oxygens (including phenoxy) is 1. The highest BCUT2D eigenvalue weighted by molar-refractivity contribution is 5.77. The van der Waals surface area contributed by atoms with Gasteiger partial charge in [0.05, 0.1) is 12.5 Å². The Kier molecular flexibility index (Phi) is 6.84. The standard InChI is InChI=1S/C14H16F3NO4/c15-14(16,17)11(10-4-2-1-3-5-10)8-12(19)18-6-7-22-9-13(20)21/h1-5,11H,6-9H2,(H,18,19)(H,20,21). The fourth-order valence-electron chi connectivity index (χ4n) is 1.79. The molecule has 1 atom stereocenters. The van der Waals surface area contributed by atoms with E-state index in [-0.39, 0.29) is 18.7 Å². The quantitative estimate of drug-likeness (QED) is 0.718. The zero-order valence-electron chi connectivity index (χ0n) is 11.6. The summed E-state index contributed by atoms with van der Waals surface area (Å²) >= 11 is 0. The van der Waals surface area contributed by atoms with Crippen LogP contribution in [0.3, 0.4) is 0 Å². The van der Waals surface area contributed by atoms with Crippen LogP contribution in [-0.4, -0.2) is 42.9 Å². The van der Waals surface area contributed by atoms with Crippen molar-refractivity contribution in [3.8, 4) is 0 Å². The van der Waals surface area contributed by atoms with E-state index in [1.807, 2.05) is 0 Å². The third-order valence-electron chi connectivity index (χ3n) is 2.78. The molecule has 0 spiro atoms. The Hall–Kier alpha value is -2.09. The molecule has 5 nitrogen and oxygen atoms in total. The van der Waals surface area contributed by atoms with Gasteiger partial charge in [-0.05, 0) is 5.56 Å². The second-order valence-corrected chi connectivity index (χ2v) is 4.51. The van der Waals surface area contributed by atoms with Crippen LogP contribution in [0.4, 0.5) is 13.2 Å². The monoisotopic (exact) mass is 319 g/mol. The second kappa shape index (κ2) is 8.38. The number of nitrogens with one attached hydrogen (secondary N) is 1. The molecular weight excluding hydrogens is 303 g/mol. The largest absolute Gasteiger partial charge is 0.480 e. The first-order valence-corrected chi connectivity index (χ1v) is 6.48. The maximum Gasteiger partial charge on any atom is 0.396 e. The molecule has 0 aliphatic heterocycles. The molecule has 0 fully saturated rings. The maximum atomic E-state index is 13.0. The Morgan fingerprint density at radius 3 is 2.41 bits per heavy atom. The van der Waals surface area contributed by atoms with Gasteiger partial charge in [0.15, 0.2) is 0 Å². The number of hydrogen-bond donors (Lipinski definition) is 2. The summed E-state index contributed by atoms with van der Waals surface area (Å²) in [7, 11) is 0. The van der Waals surface area contributed by atoms with E-state index in [1.54, 1.807) is 6.07 Å². The molecule has 1 unspecified atom stereocenters. The third-order valence-corrected chi connectivity index (χ3v) is 2.78. The maximum absolute atomic E-state index is 13.0. The molecule has 1 aromatic carbocycles. The van der Waals surface area contributed by atoms with Gasteiger partial charge in [0, 0.05) is 13.0 Å². The topological polar surface area (TPSA) is 75.6 Å². The van der Waals surface area contributed by atoms with Gasteiger partial charge in [-0.25, -0.2) is 4.79 Å². The van der Waals surface area contributed by atoms with E-state index < -0.39 is 37.0 Å². The highest BCUT2D eigenvalue weighted by Crippen LogP contribution is 2.37. The number of benzene rings is 1. The lowest BCUT2D eigenvalue weighted by Gasteiger charge is -2.20. The number of amides is 1. The lowest BCUT2D eigenvalue weighted by atomic mass is 9.95. The van der Waals surface area contributed by atoms with E-state index in [9.17, 15) is 22.8 Å². The molecule has 0 bridgehead atoms. The molecule has 1 amide bonds. The molecule has 1 aromatic rings. The summed E-state index contributed by atoms with van der Waals surface area (Å²) in [6.45, 7) is -0.656. The number of carbonyl (C=O) groups excluding carboxylic acids is 1. The molecule has 2 N–H and O–H groups in total. The average molecular weight is 319 g/mol. The highest BCUT2D eigenvalue weighted by Gasteiger charge is 2.41. The molecule has 22 heavy (non-hydrogen) atoms. The smallest absolute Gasteiger partial charge is 0.396 e. The van der Waals surface area contributed by atoms with Gasteiger partial charge in [-0.3, -0.25) is 4.79 Å². The van der Waals surface area contributed by atoms with Gasteiger partial charge in [0.2, 0.25) is 5.91 Å². The van der Waals surface area contributed by atoms with E-state index in [4.69, 9.17) is 5.11 Å². The molecule has 0 saturated carbocycles. The first-order chi connectivity index (χ1) is 10.3. The fraction of sp³-hybridized carbons (Fsp3) is 0.429. The summed E-state index contributed by atoms with van der Waals surface area (Å²) in [5, 5.41) is 10.6. The number of carbonyl (C=O) groups is 2. The van der Waals surface area contributed by atoms with Crippen molar-refractivity contribution in [2.75, 3.05) is 19.8 Å². The lowest BCUT2D eigenvalue weighted by Crippen LogP contribution is -2.32. The van der Waals surface area contributed by atoms with E-state index in [0.29, 0.717) is 0 Å². The van der Waals surface area contributed by atoms with Crippen LogP contribution in [0.2, 0.25) is 0 Å². The highest BCUT2D eigenvalue weighted by atomic mass is 19.4.